The maximum absolute atomic E-state index is 12.0. The van der Waals surface area contributed by atoms with Crippen molar-refractivity contribution in [2.45, 2.75) is 251 Å². The molecule has 0 spiro atoms. The Hall–Kier alpha value is -0.500. The molecular formula is C47H97NO7P+. The fraction of sp³-hybridized carbons (Fsp3) is 0.979. The summed E-state index contributed by atoms with van der Waals surface area (Å²) in [5.74, 6) is -0.364. The third kappa shape index (κ3) is 46.2. The van der Waals surface area contributed by atoms with Crippen molar-refractivity contribution in [2.24, 2.45) is 0 Å². The van der Waals surface area contributed by atoms with E-state index < -0.39 is 20.5 Å². The van der Waals surface area contributed by atoms with Crippen molar-refractivity contribution >= 4 is 13.8 Å². The Balaban J connectivity index is 3.27. The molecule has 2 unspecified atom stereocenters. The van der Waals surface area contributed by atoms with Gasteiger partial charge >= 0.3 is 13.8 Å². The van der Waals surface area contributed by atoms with Gasteiger partial charge in [0.05, 0.1) is 27.7 Å². The Morgan fingerprint density at radius 3 is 1.05 bits per heavy atom. The molecule has 0 aromatic carbocycles. The minimum atomic E-state index is -4.25. The summed E-state index contributed by atoms with van der Waals surface area (Å²) in [7, 11) is 1.58. The number of phosphoric ester groups is 1. The van der Waals surface area contributed by atoms with Crippen LogP contribution in [0.15, 0.2) is 0 Å². The van der Waals surface area contributed by atoms with Crippen LogP contribution in [0.1, 0.15) is 244 Å². The molecule has 9 heteroatoms. The standard InChI is InChI=1S/C47H96NO7P/c1-5-6-7-8-9-10-11-12-13-14-15-16-17-18-19-20-21-22-23-24-25-26-27-28-29-30-31-32-33-34-35-36-37-38-39-40-41-47(50)53-44-46(49)45-55-56(51,52)54-43-42-48(2,3)4/h46,49H,5-45H2,1-4H3/p+1. The van der Waals surface area contributed by atoms with Gasteiger partial charge in [-0.15, -0.1) is 0 Å². The van der Waals surface area contributed by atoms with E-state index in [4.69, 9.17) is 13.8 Å². The summed E-state index contributed by atoms with van der Waals surface area (Å²) in [5, 5.41) is 9.92. The van der Waals surface area contributed by atoms with E-state index in [2.05, 4.69) is 6.92 Å². The number of unbranched alkanes of at least 4 members (excludes halogenated alkanes) is 35. The average Bonchev–Trinajstić information content (AvgIpc) is 3.15. The van der Waals surface area contributed by atoms with Crippen LogP contribution < -0.4 is 0 Å². The van der Waals surface area contributed by atoms with Gasteiger partial charge in [0.25, 0.3) is 0 Å². The summed E-state index contributed by atoms with van der Waals surface area (Å²) >= 11 is 0. The minimum absolute atomic E-state index is 0.0577. The number of nitrogens with zero attached hydrogens (tertiary/aromatic N) is 1. The molecule has 0 aliphatic rings. The third-order valence-electron chi connectivity index (χ3n) is 11.1. The maximum Gasteiger partial charge on any atom is 0.472 e. The van der Waals surface area contributed by atoms with Gasteiger partial charge in [0.2, 0.25) is 0 Å². The van der Waals surface area contributed by atoms with E-state index in [-0.39, 0.29) is 19.2 Å². The molecular weight excluding hydrogens is 721 g/mol. The van der Waals surface area contributed by atoms with Gasteiger partial charge in [-0.2, -0.15) is 0 Å². The number of hydrogen-bond donors (Lipinski definition) is 2. The fourth-order valence-corrected chi connectivity index (χ4v) is 8.06. The number of ether oxygens (including phenoxy) is 1. The summed E-state index contributed by atoms with van der Waals surface area (Å²) < 4.78 is 27.3. The van der Waals surface area contributed by atoms with E-state index in [0.29, 0.717) is 17.4 Å². The molecule has 0 aliphatic carbocycles. The van der Waals surface area contributed by atoms with E-state index in [1.165, 1.54) is 212 Å². The molecule has 0 amide bonds. The molecule has 2 atom stereocenters. The molecule has 0 aliphatic heterocycles. The van der Waals surface area contributed by atoms with Gasteiger partial charge in [0.15, 0.2) is 0 Å². The molecule has 0 saturated carbocycles. The Labute approximate surface area is 348 Å². The van der Waals surface area contributed by atoms with Crippen molar-refractivity contribution in [2.75, 3.05) is 47.5 Å². The molecule has 0 fully saturated rings. The summed E-state index contributed by atoms with van der Waals surface area (Å²) in [6, 6.07) is 0. The number of carbonyl (C=O) groups excluding carboxylic acids is 1. The van der Waals surface area contributed by atoms with Crippen LogP contribution in [0.3, 0.4) is 0 Å². The van der Waals surface area contributed by atoms with Gasteiger partial charge < -0.3 is 19.2 Å². The Kier molecular flexibility index (Phi) is 40.9. The van der Waals surface area contributed by atoms with Gasteiger partial charge in [-0.05, 0) is 6.42 Å². The van der Waals surface area contributed by atoms with Crippen molar-refractivity contribution in [1.82, 2.24) is 0 Å². The number of hydrogen-bond acceptors (Lipinski definition) is 6. The number of rotatable bonds is 46. The smallest absolute Gasteiger partial charge is 0.463 e. The highest BCUT2D eigenvalue weighted by Gasteiger charge is 2.24. The van der Waals surface area contributed by atoms with Gasteiger partial charge in [-0.3, -0.25) is 13.8 Å². The molecule has 0 bridgehead atoms. The Morgan fingerprint density at radius 2 is 0.768 bits per heavy atom. The summed E-state index contributed by atoms with van der Waals surface area (Å²) in [4.78, 5) is 21.7. The Bertz CT molecular complexity index is 868. The predicted molar refractivity (Wildman–Crippen MR) is 238 cm³/mol. The number of carbonyl (C=O) groups is 1. The lowest BCUT2D eigenvalue weighted by Gasteiger charge is -2.24. The van der Waals surface area contributed by atoms with Crippen molar-refractivity contribution in [1.29, 1.82) is 0 Å². The molecule has 0 radical (unpaired) electrons. The zero-order chi connectivity index (χ0) is 41.3. The lowest BCUT2D eigenvalue weighted by Crippen LogP contribution is -2.37. The number of aliphatic hydroxyl groups excluding tert-OH is 1. The fourth-order valence-electron chi connectivity index (χ4n) is 7.31. The lowest BCUT2D eigenvalue weighted by molar-refractivity contribution is -0.870. The monoisotopic (exact) mass is 819 g/mol. The van der Waals surface area contributed by atoms with Crippen LogP contribution in [0.25, 0.3) is 0 Å². The van der Waals surface area contributed by atoms with E-state index >= 15 is 0 Å². The van der Waals surface area contributed by atoms with Gasteiger partial charge in [-0.25, -0.2) is 4.57 Å². The minimum Gasteiger partial charge on any atom is -0.463 e. The second kappa shape index (κ2) is 41.2. The van der Waals surface area contributed by atoms with Crippen LogP contribution in [0.5, 0.6) is 0 Å². The number of aliphatic hydroxyl groups is 1. The first-order valence-electron chi connectivity index (χ1n) is 24.3. The van der Waals surface area contributed by atoms with Gasteiger partial charge in [-0.1, -0.05) is 232 Å². The first-order chi connectivity index (χ1) is 27.1. The molecule has 0 saturated heterocycles. The molecule has 56 heavy (non-hydrogen) atoms. The van der Waals surface area contributed by atoms with Crippen LogP contribution in [-0.2, 0) is 23.1 Å². The average molecular weight is 819 g/mol. The Morgan fingerprint density at radius 1 is 0.482 bits per heavy atom. The highest BCUT2D eigenvalue weighted by atomic mass is 31.2. The molecule has 2 N–H and O–H groups in total. The molecule has 0 aromatic rings. The first kappa shape index (κ1) is 55.5. The number of likely N-dealkylation sites (N-methyl/N-ethyl adjacent to an activating group) is 1. The SMILES string of the molecule is CCCCCCCCCCCCCCCCCCCCCCCCCCCCCCCCCCCCCCC(=O)OCC(O)COP(=O)(O)OCC[N+](C)(C)C. The lowest BCUT2D eigenvalue weighted by atomic mass is 10.0. The zero-order valence-electron chi connectivity index (χ0n) is 37.9. The second-order valence-electron chi connectivity index (χ2n) is 18.1. The highest BCUT2D eigenvalue weighted by molar-refractivity contribution is 7.47. The molecule has 0 heterocycles. The summed E-state index contributed by atoms with van der Waals surface area (Å²) in [5.41, 5.74) is 0. The molecule has 8 nitrogen and oxygen atoms in total. The van der Waals surface area contributed by atoms with E-state index in [1.807, 2.05) is 21.1 Å². The topological polar surface area (TPSA) is 102 Å². The van der Waals surface area contributed by atoms with Gasteiger partial charge in [0.1, 0.15) is 25.9 Å². The first-order valence-corrected chi connectivity index (χ1v) is 25.8. The number of quaternary nitrogens is 1. The summed E-state index contributed by atoms with van der Waals surface area (Å²) in [6.45, 7) is 2.19. The van der Waals surface area contributed by atoms with Crippen molar-refractivity contribution < 1.29 is 37.6 Å². The van der Waals surface area contributed by atoms with E-state index in [9.17, 15) is 19.4 Å². The van der Waals surface area contributed by atoms with Crippen molar-refractivity contribution in [3.63, 3.8) is 0 Å². The normalized spacial score (nSPS) is 13.6. The van der Waals surface area contributed by atoms with Crippen LogP contribution in [-0.4, -0.2) is 74.1 Å². The molecule has 0 rings (SSSR count). The van der Waals surface area contributed by atoms with Crippen LogP contribution >= 0.6 is 7.82 Å². The molecule has 336 valence electrons. The van der Waals surface area contributed by atoms with Gasteiger partial charge in [0, 0.05) is 6.42 Å². The van der Waals surface area contributed by atoms with Crippen LogP contribution in [0.4, 0.5) is 0 Å². The highest BCUT2D eigenvalue weighted by Crippen LogP contribution is 2.43. The predicted octanol–water partition coefficient (Wildman–Crippen LogP) is 14.2. The van der Waals surface area contributed by atoms with Crippen LogP contribution in [0, 0.1) is 0 Å². The number of esters is 1. The second-order valence-corrected chi connectivity index (χ2v) is 19.5. The summed E-state index contributed by atoms with van der Waals surface area (Å²) in [6.07, 6.45) is 49.0. The van der Waals surface area contributed by atoms with Crippen LogP contribution in [0.2, 0.25) is 0 Å². The van der Waals surface area contributed by atoms with Crippen molar-refractivity contribution in [3.8, 4) is 0 Å². The maximum atomic E-state index is 12.0. The quantitative estimate of drug-likeness (QED) is 0.0273. The van der Waals surface area contributed by atoms with E-state index in [1.54, 1.807) is 0 Å². The zero-order valence-corrected chi connectivity index (χ0v) is 38.8. The van der Waals surface area contributed by atoms with Crippen molar-refractivity contribution in [3.05, 3.63) is 0 Å². The number of phosphoric acid groups is 1. The molecule has 0 aromatic heterocycles. The third-order valence-corrected chi connectivity index (χ3v) is 12.1. The largest absolute Gasteiger partial charge is 0.472 e. The van der Waals surface area contributed by atoms with E-state index in [0.717, 1.165) is 19.3 Å².